The van der Waals surface area contributed by atoms with Gasteiger partial charge in [-0.25, -0.2) is 0 Å². The second-order valence-corrected chi connectivity index (χ2v) is 10.2. The Labute approximate surface area is 271 Å². The van der Waals surface area contributed by atoms with Crippen molar-refractivity contribution in [3.63, 3.8) is 0 Å². The molecule has 2 amide bonds. The highest BCUT2D eigenvalue weighted by Crippen LogP contribution is 2.25. The molecule has 6 aromatic rings. The number of rotatable bonds is 10. The highest BCUT2D eigenvalue weighted by Gasteiger charge is 2.09. The van der Waals surface area contributed by atoms with Crippen molar-refractivity contribution in [3.8, 4) is 11.5 Å². The van der Waals surface area contributed by atoms with Crippen LogP contribution in [0.1, 0.15) is 20.7 Å². The molecule has 0 aliphatic rings. The van der Waals surface area contributed by atoms with Gasteiger partial charge in [0.05, 0.1) is 22.7 Å². The van der Waals surface area contributed by atoms with E-state index in [-0.39, 0.29) is 11.8 Å². The van der Waals surface area contributed by atoms with E-state index in [1.165, 1.54) is 0 Å². The molecule has 0 aliphatic carbocycles. The molecular formula is C38H28N6O3. The van der Waals surface area contributed by atoms with E-state index in [9.17, 15) is 9.59 Å². The molecule has 0 heterocycles. The molecule has 0 spiro atoms. The molecule has 0 aliphatic heterocycles. The molecular weight excluding hydrogens is 588 g/mol. The third kappa shape index (κ3) is 8.68. The fourth-order valence-corrected chi connectivity index (χ4v) is 4.33. The van der Waals surface area contributed by atoms with Gasteiger partial charge in [0, 0.05) is 22.5 Å². The van der Waals surface area contributed by atoms with E-state index in [0.29, 0.717) is 45.4 Å². The molecule has 0 aromatic heterocycles. The van der Waals surface area contributed by atoms with E-state index >= 15 is 0 Å². The number of amides is 2. The zero-order valence-corrected chi connectivity index (χ0v) is 25.0. The summed E-state index contributed by atoms with van der Waals surface area (Å²) >= 11 is 0. The lowest BCUT2D eigenvalue weighted by atomic mass is 10.2. The number of ether oxygens (including phenoxy) is 1. The Bertz CT molecular complexity index is 1850. The molecule has 47 heavy (non-hydrogen) atoms. The van der Waals surface area contributed by atoms with Gasteiger partial charge in [0.15, 0.2) is 0 Å². The summed E-state index contributed by atoms with van der Waals surface area (Å²) in [6, 6.07) is 46.7. The van der Waals surface area contributed by atoms with Crippen LogP contribution >= 0.6 is 0 Å². The monoisotopic (exact) mass is 616 g/mol. The van der Waals surface area contributed by atoms with E-state index in [2.05, 4.69) is 31.1 Å². The van der Waals surface area contributed by atoms with E-state index in [0.717, 1.165) is 11.4 Å². The topological polar surface area (TPSA) is 117 Å². The van der Waals surface area contributed by atoms with Gasteiger partial charge in [0.25, 0.3) is 11.8 Å². The molecule has 0 atom stereocenters. The Morgan fingerprint density at radius 3 is 1.04 bits per heavy atom. The molecule has 2 N–H and O–H groups in total. The maximum absolute atomic E-state index is 12.8. The number of nitrogens with zero attached hydrogens (tertiary/aromatic N) is 4. The number of hydrogen-bond donors (Lipinski definition) is 2. The number of nitrogens with one attached hydrogen (secondary N) is 2. The zero-order chi connectivity index (χ0) is 32.3. The Hall–Kier alpha value is -6.74. The van der Waals surface area contributed by atoms with Crippen LogP contribution in [0.15, 0.2) is 178 Å². The number of azo groups is 2. The highest BCUT2D eigenvalue weighted by molar-refractivity contribution is 6.05. The van der Waals surface area contributed by atoms with E-state index in [1.807, 2.05) is 60.7 Å². The van der Waals surface area contributed by atoms with Crippen LogP contribution in [0.3, 0.4) is 0 Å². The minimum Gasteiger partial charge on any atom is -0.457 e. The molecule has 9 nitrogen and oxygen atoms in total. The number of hydrogen-bond acceptors (Lipinski definition) is 7. The molecule has 0 saturated carbocycles. The van der Waals surface area contributed by atoms with Crippen LogP contribution in [-0.2, 0) is 0 Å². The quantitative estimate of drug-likeness (QED) is 0.149. The van der Waals surface area contributed by atoms with Gasteiger partial charge >= 0.3 is 0 Å². The van der Waals surface area contributed by atoms with Gasteiger partial charge in [0.2, 0.25) is 0 Å². The van der Waals surface area contributed by atoms with Crippen molar-refractivity contribution in [2.24, 2.45) is 20.5 Å². The predicted octanol–water partition coefficient (Wildman–Crippen LogP) is 10.8. The van der Waals surface area contributed by atoms with Crippen molar-refractivity contribution in [1.82, 2.24) is 0 Å². The minimum atomic E-state index is -0.253. The fourth-order valence-electron chi connectivity index (χ4n) is 4.33. The van der Waals surface area contributed by atoms with Crippen molar-refractivity contribution in [3.05, 3.63) is 169 Å². The van der Waals surface area contributed by atoms with Gasteiger partial charge in [-0.05, 0) is 121 Å². The van der Waals surface area contributed by atoms with Crippen LogP contribution in [0.25, 0.3) is 0 Å². The summed E-state index contributed by atoms with van der Waals surface area (Å²) in [5, 5.41) is 22.6. The molecule has 0 bridgehead atoms. The standard InChI is InChI=1S/C38H28N6O3/c45-37(39-29-15-19-33(20-16-29)43-41-31-7-3-1-4-8-31)27-11-23-35(24-12-27)47-36-25-13-28(14-26-36)38(46)40-30-17-21-34(22-18-30)44-42-32-9-5-2-6-10-32/h1-26H,(H,39,45)(H,40,46). The number of carbonyl (C=O) groups is 2. The fraction of sp³-hybridized carbons (Fsp3) is 0. The molecule has 228 valence electrons. The molecule has 0 saturated heterocycles. The maximum atomic E-state index is 12.8. The Morgan fingerprint density at radius 1 is 0.383 bits per heavy atom. The van der Waals surface area contributed by atoms with Gasteiger partial charge in [0.1, 0.15) is 11.5 Å². The van der Waals surface area contributed by atoms with E-state index < -0.39 is 0 Å². The van der Waals surface area contributed by atoms with Gasteiger partial charge in [-0.3, -0.25) is 9.59 Å². The number of anilines is 2. The van der Waals surface area contributed by atoms with E-state index in [4.69, 9.17) is 4.74 Å². The summed E-state index contributed by atoms with van der Waals surface area (Å²) in [4.78, 5) is 25.5. The summed E-state index contributed by atoms with van der Waals surface area (Å²) < 4.78 is 5.92. The zero-order valence-electron chi connectivity index (χ0n) is 25.0. The first kappa shape index (κ1) is 30.3. The van der Waals surface area contributed by atoms with Crippen LogP contribution < -0.4 is 15.4 Å². The largest absolute Gasteiger partial charge is 0.457 e. The second-order valence-electron chi connectivity index (χ2n) is 10.2. The number of carbonyl (C=O) groups excluding carboxylic acids is 2. The summed E-state index contributed by atoms with van der Waals surface area (Å²) in [7, 11) is 0. The highest BCUT2D eigenvalue weighted by atomic mass is 16.5. The van der Waals surface area contributed by atoms with Gasteiger partial charge < -0.3 is 15.4 Å². The third-order valence-corrected chi connectivity index (χ3v) is 6.79. The lowest BCUT2D eigenvalue weighted by Gasteiger charge is -2.09. The van der Waals surface area contributed by atoms with Crippen LogP contribution in [0, 0.1) is 0 Å². The van der Waals surface area contributed by atoms with Gasteiger partial charge in [-0.1, -0.05) is 36.4 Å². The Kier molecular flexibility index (Phi) is 9.56. The summed E-state index contributed by atoms with van der Waals surface area (Å²) in [6.07, 6.45) is 0. The predicted molar refractivity (Wildman–Crippen MR) is 183 cm³/mol. The van der Waals surface area contributed by atoms with Crippen molar-refractivity contribution < 1.29 is 14.3 Å². The molecule has 0 fully saturated rings. The van der Waals surface area contributed by atoms with Crippen molar-refractivity contribution >= 4 is 45.9 Å². The first-order chi connectivity index (χ1) is 23.1. The van der Waals surface area contributed by atoms with Crippen molar-refractivity contribution in [2.75, 3.05) is 10.6 Å². The van der Waals surface area contributed by atoms with Crippen LogP contribution in [0.4, 0.5) is 34.1 Å². The number of benzene rings is 6. The smallest absolute Gasteiger partial charge is 0.255 e. The van der Waals surface area contributed by atoms with Gasteiger partial charge in [-0.2, -0.15) is 20.5 Å². The maximum Gasteiger partial charge on any atom is 0.255 e. The summed E-state index contributed by atoms with van der Waals surface area (Å²) in [5.74, 6) is 0.598. The molecule has 0 radical (unpaired) electrons. The average Bonchev–Trinajstić information content (AvgIpc) is 3.12. The van der Waals surface area contributed by atoms with E-state index in [1.54, 1.807) is 97.1 Å². The van der Waals surface area contributed by atoms with Gasteiger partial charge in [-0.15, -0.1) is 0 Å². The Morgan fingerprint density at radius 2 is 0.702 bits per heavy atom. The SMILES string of the molecule is O=C(Nc1ccc(N=Nc2ccccc2)cc1)c1ccc(Oc2ccc(C(=O)Nc3ccc(N=Nc4ccccc4)cc3)cc2)cc1. The first-order valence-corrected chi connectivity index (χ1v) is 14.7. The van der Waals surface area contributed by atoms with Crippen molar-refractivity contribution in [2.45, 2.75) is 0 Å². The van der Waals surface area contributed by atoms with Crippen LogP contribution in [0.2, 0.25) is 0 Å². The minimum absolute atomic E-state index is 0.253. The molecule has 0 unspecified atom stereocenters. The third-order valence-electron chi connectivity index (χ3n) is 6.79. The molecule has 6 aromatic carbocycles. The Balaban J connectivity index is 0.982. The lowest BCUT2D eigenvalue weighted by Crippen LogP contribution is -2.11. The van der Waals surface area contributed by atoms with Crippen LogP contribution in [0.5, 0.6) is 11.5 Å². The second kappa shape index (κ2) is 14.8. The lowest BCUT2D eigenvalue weighted by molar-refractivity contribution is 0.101. The summed E-state index contributed by atoms with van der Waals surface area (Å²) in [5.41, 5.74) is 5.11. The molecule has 9 heteroatoms. The average molecular weight is 617 g/mol. The summed E-state index contributed by atoms with van der Waals surface area (Å²) in [6.45, 7) is 0. The normalized spacial score (nSPS) is 11.0. The molecule has 6 rings (SSSR count). The van der Waals surface area contributed by atoms with Crippen molar-refractivity contribution in [1.29, 1.82) is 0 Å². The first-order valence-electron chi connectivity index (χ1n) is 14.7. The van der Waals surface area contributed by atoms with Crippen LogP contribution in [-0.4, -0.2) is 11.8 Å².